The van der Waals surface area contributed by atoms with Crippen LogP contribution >= 0.6 is 0 Å². The normalized spacial score (nSPS) is 27.4. The Morgan fingerprint density at radius 1 is 1.33 bits per heavy atom. The molecule has 2 bridgehead atoms. The van der Waals surface area contributed by atoms with Gasteiger partial charge >= 0.3 is 0 Å². The summed E-state index contributed by atoms with van der Waals surface area (Å²) >= 11 is 0. The molecule has 6 nitrogen and oxygen atoms in total. The van der Waals surface area contributed by atoms with Crippen molar-refractivity contribution in [1.82, 2.24) is 10.6 Å². The summed E-state index contributed by atoms with van der Waals surface area (Å²) in [4.78, 5) is 22.8. The first kappa shape index (κ1) is 14.0. The molecule has 0 radical (unpaired) electrons. The smallest absolute Gasteiger partial charge is 0.273 e. The molecule has 3 rings (SSSR count). The van der Waals surface area contributed by atoms with Gasteiger partial charge in [0.25, 0.3) is 11.6 Å². The number of piperidine rings is 1. The first-order chi connectivity index (χ1) is 10.0. The maximum Gasteiger partial charge on any atom is 0.273 e. The Morgan fingerprint density at radius 2 is 2.00 bits per heavy atom. The van der Waals surface area contributed by atoms with Crippen LogP contribution in [0.5, 0.6) is 0 Å². The third-order valence-electron chi connectivity index (χ3n) is 4.48. The number of hydrogen-bond donors (Lipinski definition) is 2. The van der Waals surface area contributed by atoms with Gasteiger partial charge in [0, 0.05) is 35.3 Å². The number of aryl methyl sites for hydroxylation is 1. The summed E-state index contributed by atoms with van der Waals surface area (Å²) in [5.74, 6) is -0.218. The van der Waals surface area contributed by atoms with Crippen molar-refractivity contribution in [3.63, 3.8) is 0 Å². The van der Waals surface area contributed by atoms with Crippen molar-refractivity contribution in [2.24, 2.45) is 0 Å². The molecule has 2 heterocycles. The molecule has 1 aromatic rings. The Balaban J connectivity index is 1.71. The molecule has 1 amide bonds. The van der Waals surface area contributed by atoms with Gasteiger partial charge in [-0.1, -0.05) is 6.07 Å². The minimum Gasteiger partial charge on any atom is -0.349 e. The van der Waals surface area contributed by atoms with Crippen LogP contribution in [0.2, 0.25) is 0 Å². The number of nitrogens with zero attached hydrogens (tertiary/aromatic N) is 1. The molecule has 2 atom stereocenters. The number of hydrogen-bond acceptors (Lipinski definition) is 4. The summed E-state index contributed by atoms with van der Waals surface area (Å²) in [6.07, 6.45) is 4.23. The molecule has 2 aliphatic heterocycles. The van der Waals surface area contributed by atoms with E-state index in [-0.39, 0.29) is 17.6 Å². The Bertz CT molecular complexity index is 576. The van der Waals surface area contributed by atoms with Crippen molar-refractivity contribution < 1.29 is 9.72 Å². The third kappa shape index (κ3) is 2.90. The minimum atomic E-state index is -0.448. The average Bonchev–Trinajstić information content (AvgIpc) is 2.78. The lowest BCUT2D eigenvalue weighted by Crippen LogP contribution is -2.48. The molecule has 0 spiro atoms. The van der Waals surface area contributed by atoms with Crippen molar-refractivity contribution in [3.05, 3.63) is 39.4 Å². The van der Waals surface area contributed by atoms with Crippen molar-refractivity contribution in [2.45, 2.75) is 50.7 Å². The fourth-order valence-corrected chi connectivity index (χ4v) is 3.39. The van der Waals surface area contributed by atoms with Crippen LogP contribution in [-0.2, 0) is 0 Å². The first-order valence-electron chi connectivity index (χ1n) is 7.35. The molecule has 0 saturated carbocycles. The van der Waals surface area contributed by atoms with E-state index in [4.69, 9.17) is 0 Å². The highest BCUT2D eigenvalue weighted by atomic mass is 16.6. The van der Waals surface area contributed by atoms with Gasteiger partial charge in [-0.2, -0.15) is 0 Å². The van der Waals surface area contributed by atoms with Gasteiger partial charge in [0.1, 0.15) is 0 Å². The molecule has 2 fully saturated rings. The van der Waals surface area contributed by atoms with Crippen molar-refractivity contribution in [3.8, 4) is 0 Å². The van der Waals surface area contributed by atoms with E-state index in [0.717, 1.165) is 12.8 Å². The van der Waals surface area contributed by atoms with E-state index in [9.17, 15) is 14.9 Å². The molecular weight excluding hydrogens is 270 g/mol. The van der Waals surface area contributed by atoms with Gasteiger partial charge in [-0.25, -0.2) is 0 Å². The maximum atomic E-state index is 12.3. The first-order valence-corrected chi connectivity index (χ1v) is 7.35. The van der Waals surface area contributed by atoms with Crippen LogP contribution in [0.3, 0.4) is 0 Å². The summed E-state index contributed by atoms with van der Waals surface area (Å²) in [6, 6.07) is 5.80. The fourth-order valence-electron chi connectivity index (χ4n) is 3.39. The van der Waals surface area contributed by atoms with E-state index in [1.807, 2.05) is 0 Å². The second kappa shape index (κ2) is 5.44. The summed E-state index contributed by atoms with van der Waals surface area (Å²) < 4.78 is 0. The van der Waals surface area contributed by atoms with Crippen molar-refractivity contribution in [2.75, 3.05) is 0 Å². The van der Waals surface area contributed by atoms with Crippen LogP contribution in [0, 0.1) is 17.0 Å². The molecule has 21 heavy (non-hydrogen) atoms. The summed E-state index contributed by atoms with van der Waals surface area (Å²) in [7, 11) is 0. The highest BCUT2D eigenvalue weighted by Crippen LogP contribution is 2.27. The second-order valence-corrected chi connectivity index (χ2v) is 6.04. The predicted molar refractivity (Wildman–Crippen MR) is 78.3 cm³/mol. The number of benzene rings is 1. The highest BCUT2D eigenvalue weighted by Gasteiger charge is 2.34. The quantitative estimate of drug-likeness (QED) is 0.657. The lowest BCUT2D eigenvalue weighted by Gasteiger charge is -2.29. The monoisotopic (exact) mass is 289 g/mol. The van der Waals surface area contributed by atoms with E-state index < -0.39 is 4.92 Å². The summed E-state index contributed by atoms with van der Waals surface area (Å²) in [5, 5.41) is 17.5. The average molecular weight is 289 g/mol. The Kier molecular flexibility index (Phi) is 3.63. The van der Waals surface area contributed by atoms with Gasteiger partial charge in [-0.05, 0) is 38.7 Å². The zero-order chi connectivity index (χ0) is 15.0. The molecule has 2 aliphatic rings. The zero-order valence-corrected chi connectivity index (χ0v) is 12.0. The zero-order valence-electron chi connectivity index (χ0n) is 12.0. The molecule has 2 saturated heterocycles. The number of carbonyl (C=O) groups is 1. The number of carbonyl (C=O) groups excluding carboxylic acids is 1. The van der Waals surface area contributed by atoms with Gasteiger partial charge in [0.2, 0.25) is 0 Å². The van der Waals surface area contributed by atoms with E-state index in [0.29, 0.717) is 23.2 Å². The number of nitrogens with one attached hydrogen (secondary N) is 2. The Morgan fingerprint density at radius 3 is 2.62 bits per heavy atom. The number of nitro groups is 1. The molecule has 2 N–H and O–H groups in total. The van der Waals surface area contributed by atoms with Crippen LogP contribution in [0.25, 0.3) is 0 Å². The van der Waals surface area contributed by atoms with Gasteiger partial charge in [-0.3, -0.25) is 14.9 Å². The van der Waals surface area contributed by atoms with Crippen LogP contribution in [0.4, 0.5) is 5.69 Å². The number of fused-ring (bicyclic) bond motifs is 2. The number of amides is 1. The lowest BCUT2D eigenvalue weighted by molar-refractivity contribution is -0.385. The molecule has 2 unspecified atom stereocenters. The number of rotatable bonds is 3. The summed E-state index contributed by atoms with van der Waals surface area (Å²) in [5.41, 5.74) is 0.919. The molecular formula is C15H19N3O3. The molecule has 0 aromatic heterocycles. The molecule has 1 aromatic carbocycles. The van der Waals surface area contributed by atoms with E-state index in [1.54, 1.807) is 19.1 Å². The van der Waals surface area contributed by atoms with Crippen LogP contribution in [-0.4, -0.2) is 29.0 Å². The topological polar surface area (TPSA) is 84.3 Å². The van der Waals surface area contributed by atoms with E-state index in [2.05, 4.69) is 10.6 Å². The van der Waals surface area contributed by atoms with E-state index in [1.165, 1.54) is 18.9 Å². The van der Waals surface area contributed by atoms with E-state index >= 15 is 0 Å². The van der Waals surface area contributed by atoms with Gasteiger partial charge < -0.3 is 10.6 Å². The minimum absolute atomic E-state index is 0.00645. The van der Waals surface area contributed by atoms with Crippen molar-refractivity contribution in [1.29, 1.82) is 0 Å². The molecule has 6 heteroatoms. The molecule has 112 valence electrons. The Hall–Kier alpha value is -1.95. The van der Waals surface area contributed by atoms with Crippen LogP contribution < -0.4 is 10.6 Å². The number of nitro benzene ring substituents is 1. The third-order valence-corrected chi connectivity index (χ3v) is 4.48. The predicted octanol–water partition coefficient (Wildman–Crippen LogP) is 1.92. The second-order valence-electron chi connectivity index (χ2n) is 6.04. The largest absolute Gasteiger partial charge is 0.349 e. The highest BCUT2D eigenvalue weighted by molar-refractivity contribution is 5.95. The standard InChI is InChI=1S/C15H19N3O3/c1-9-2-3-10(6-14(9)18(20)21)15(19)17-13-7-11-4-5-12(8-13)16-11/h2-3,6,11-13,16H,4-5,7-8H2,1H3,(H,17,19). The van der Waals surface area contributed by atoms with Crippen molar-refractivity contribution >= 4 is 11.6 Å². The maximum absolute atomic E-state index is 12.3. The molecule has 0 aliphatic carbocycles. The lowest BCUT2D eigenvalue weighted by atomic mass is 9.99. The van der Waals surface area contributed by atoms with Gasteiger partial charge in [-0.15, -0.1) is 0 Å². The fraction of sp³-hybridized carbons (Fsp3) is 0.533. The van der Waals surface area contributed by atoms with Gasteiger partial charge in [0.15, 0.2) is 0 Å². The van der Waals surface area contributed by atoms with Crippen LogP contribution in [0.15, 0.2) is 18.2 Å². The van der Waals surface area contributed by atoms with Crippen LogP contribution in [0.1, 0.15) is 41.6 Å². The SMILES string of the molecule is Cc1ccc(C(=O)NC2CC3CCC(C2)N3)cc1[N+](=O)[O-]. The Labute approximate surface area is 123 Å². The summed E-state index contributed by atoms with van der Waals surface area (Å²) in [6.45, 7) is 1.67. The van der Waals surface area contributed by atoms with Gasteiger partial charge in [0.05, 0.1) is 4.92 Å².